The lowest BCUT2D eigenvalue weighted by atomic mass is 10.2. The first kappa shape index (κ1) is 11.8. The number of carbonyl (C=O) groups excluding carboxylic acids is 1. The maximum absolute atomic E-state index is 12.1. The predicted molar refractivity (Wildman–Crippen MR) is 59.2 cm³/mol. The van der Waals surface area contributed by atoms with Gasteiger partial charge in [-0.1, -0.05) is 0 Å². The molecule has 5 nitrogen and oxygen atoms in total. The van der Waals surface area contributed by atoms with Crippen LogP contribution in [0.15, 0.2) is 0 Å². The monoisotopic (exact) mass is 228 g/mol. The molecule has 0 spiro atoms. The highest BCUT2D eigenvalue weighted by atomic mass is 16.5. The van der Waals surface area contributed by atoms with E-state index in [4.69, 9.17) is 9.47 Å². The smallest absolute Gasteiger partial charge is 0.239 e. The molecule has 3 atom stereocenters. The van der Waals surface area contributed by atoms with Crippen molar-refractivity contribution in [3.63, 3.8) is 0 Å². The van der Waals surface area contributed by atoms with Crippen molar-refractivity contribution in [2.24, 2.45) is 0 Å². The Balaban J connectivity index is 1.93. The van der Waals surface area contributed by atoms with Crippen LogP contribution in [0.1, 0.15) is 12.8 Å². The van der Waals surface area contributed by atoms with Gasteiger partial charge in [-0.3, -0.25) is 4.79 Å². The molecule has 3 unspecified atom stereocenters. The van der Waals surface area contributed by atoms with E-state index in [0.717, 1.165) is 19.4 Å². The van der Waals surface area contributed by atoms with E-state index < -0.39 is 0 Å². The molecule has 0 saturated carbocycles. The number of carbonyl (C=O) groups is 1. The Hall–Kier alpha value is -0.650. The summed E-state index contributed by atoms with van der Waals surface area (Å²) in [5.74, 6) is 0.194. The van der Waals surface area contributed by atoms with E-state index >= 15 is 0 Å². The van der Waals surface area contributed by atoms with Crippen molar-refractivity contribution in [3.8, 4) is 0 Å². The molecule has 2 heterocycles. The molecule has 0 radical (unpaired) electrons. The maximum atomic E-state index is 12.1. The largest absolute Gasteiger partial charge is 0.377 e. The first-order valence-electron chi connectivity index (χ1n) is 5.84. The van der Waals surface area contributed by atoms with E-state index in [-0.39, 0.29) is 24.2 Å². The Labute approximate surface area is 96.1 Å². The second-order valence-electron chi connectivity index (χ2n) is 4.44. The summed E-state index contributed by atoms with van der Waals surface area (Å²) in [6, 6.07) is 0.00751. The van der Waals surface area contributed by atoms with Gasteiger partial charge in [0.1, 0.15) is 12.2 Å². The highest BCUT2D eigenvalue weighted by Crippen LogP contribution is 2.18. The van der Waals surface area contributed by atoms with Crippen molar-refractivity contribution < 1.29 is 14.3 Å². The molecule has 2 aliphatic rings. The van der Waals surface area contributed by atoms with Gasteiger partial charge in [-0.15, -0.1) is 0 Å². The molecule has 1 N–H and O–H groups in total. The average Bonchev–Trinajstić information content (AvgIpc) is 2.96. The van der Waals surface area contributed by atoms with E-state index in [1.54, 1.807) is 14.2 Å². The summed E-state index contributed by atoms with van der Waals surface area (Å²) in [6.45, 7) is 2.24. The topological polar surface area (TPSA) is 50.8 Å². The molecule has 5 heteroatoms. The molecule has 92 valence electrons. The number of hydrogen-bond acceptors (Lipinski definition) is 4. The molecule has 2 saturated heterocycles. The first-order valence-corrected chi connectivity index (χ1v) is 5.84. The zero-order chi connectivity index (χ0) is 11.5. The Morgan fingerprint density at radius 3 is 2.31 bits per heavy atom. The minimum Gasteiger partial charge on any atom is -0.377 e. The van der Waals surface area contributed by atoms with Crippen LogP contribution in [0.4, 0.5) is 0 Å². The lowest BCUT2D eigenvalue weighted by molar-refractivity contribution is -0.132. The van der Waals surface area contributed by atoms with E-state index in [1.807, 2.05) is 4.90 Å². The van der Waals surface area contributed by atoms with Crippen LogP contribution in [-0.4, -0.2) is 62.9 Å². The third-order valence-electron chi connectivity index (χ3n) is 3.49. The van der Waals surface area contributed by atoms with Crippen LogP contribution in [-0.2, 0) is 14.3 Å². The summed E-state index contributed by atoms with van der Waals surface area (Å²) >= 11 is 0. The van der Waals surface area contributed by atoms with Gasteiger partial charge in [0.15, 0.2) is 0 Å². The molecule has 0 aromatic rings. The Morgan fingerprint density at radius 1 is 1.25 bits per heavy atom. The Morgan fingerprint density at radius 2 is 1.88 bits per heavy atom. The summed E-state index contributed by atoms with van der Waals surface area (Å²) in [6.07, 6.45) is 2.06. The van der Waals surface area contributed by atoms with Crippen LogP contribution in [0.5, 0.6) is 0 Å². The summed E-state index contributed by atoms with van der Waals surface area (Å²) in [4.78, 5) is 14.0. The fourth-order valence-corrected chi connectivity index (χ4v) is 2.49. The summed E-state index contributed by atoms with van der Waals surface area (Å²) < 4.78 is 10.6. The highest BCUT2D eigenvalue weighted by Gasteiger charge is 2.38. The van der Waals surface area contributed by atoms with E-state index in [9.17, 15) is 4.79 Å². The van der Waals surface area contributed by atoms with Gasteiger partial charge in [-0.2, -0.15) is 0 Å². The van der Waals surface area contributed by atoms with Crippen molar-refractivity contribution in [1.29, 1.82) is 0 Å². The second-order valence-corrected chi connectivity index (χ2v) is 4.44. The van der Waals surface area contributed by atoms with Crippen molar-refractivity contribution in [3.05, 3.63) is 0 Å². The second kappa shape index (κ2) is 5.12. The Kier molecular flexibility index (Phi) is 3.78. The first-order chi connectivity index (χ1) is 7.76. The van der Waals surface area contributed by atoms with Crippen LogP contribution in [0.3, 0.4) is 0 Å². The van der Waals surface area contributed by atoms with Gasteiger partial charge < -0.3 is 19.7 Å². The lowest BCUT2D eigenvalue weighted by Crippen LogP contribution is -2.43. The fourth-order valence-electron chi connectivity index (χ4n) is 2.49. The van der Waals surface area contributed by atoms with Crippen molar-refractivity contribution in [2.75, 3.05) is 33.9 Å². The lowest BCUT2D eigenvalue weighted by Gasteiger charge is -2.20. The molecule has 16 heavy (non-hydrogen) atoms. The number of hydrogen-bond donors (Lipinski definition) is 1. The molecular weight excluding hydrogens is 208 g/mol. The quantitative estimate of drug-likeness (QED) is 0.715. The van der Waals surface area contributed by atoms with Crippen molar-refractivity contribution >= 4 is 5.91 Å². The number of rotatable bonds is 3. The SMILES string of the molecule is COC1CN(C(=O)C2CCCN2)CC1OC. The number of ether oxygens (including phenoxy) is 2. The van der Waals surface area contributed by atoms with Gasteiger partial charge in [0.25, 0.3) is 0 Å². The van der Waals surface area contributed by atoms with Crippen molar-refractivity contribution in [2.45, 2.75) is 31.1 Å². The third-order valence-corrected chi connectivity index (χ3v) is 3.49. The normalized spacial score (nSPS) is 34.6. The standard InChI is InChI=1S/C11H20N2O3/c1-15-9-6-13(7-10(9)16-2)11(14)8-4-3-5-12-8/h8-10,12H,3-7H2,1-2H3. The number of nitrogens with zero attached hydrogens (tertiary/aromatic N) is 1. The van der Waals surface area contributed by atoms with Crippen LogP contribution in [0.25, 0.3) is 0 Å². The maximum Gasteiger partial charge on any atom is 0.239 e. The van der Waals surface area contributed by atoms with Gasteiger partial charge in [0.2, 0.25) is 5.91 Å². The summed E-state index contributed by atoms with van der Waals surface area (Å²) in [7, 11) is 3.33. The van der Waals surface area contributed by atoms with Crippen molar-refractivity contribution in [1.82, 2.24) is 10.2 Å². The molecule has 0 aromatic heterocycles. The minimum atomic E-state index is 0.00751. The molecule has 0 aromatic carbocycles. The third kappa shape index (κ3) is 2.21. The number of nitrogens with one attached hydrogen (secondary N) is 1. The molecule has 1 amide bonds. The van der Waals surface area contributed by atoms with Gasteiger partial charge >= 0.3 is 0 Å². The predicted octanol–water partition coefficient (Wildman–Crippen LogP) is -0.389. The van der Waals surface area contributed by atoms with Crippen LogP contribution in [0.2, 0.25) is 0 Å². The number of likely N-dealkylation sites (tertiary alicyclic amines) is 1. The molecule has 0 bridgehead atoms. The van der Waals surface area contributed by atoms with Gasteiger partial charge in [0, 0.05) is 27.3 Å². The molecule has 2 rings (SSSR count). The number of methoxy groups -OCH3 is 2. The summed E-state index contributed by atoms with van der Waals surface area (Å²) in [5, 5.41) is 3.23. The molecule has 2 fully saturated rings. The van der Waals surface area contributed by atoms with Gasteiger partial charge in [-0.25, -0.2) is 0 Å². The van der Waals surface area contributed by atoms with Gasteiger partial charge in [-0.05, 0) is 19.4 Å². The molecule has 2 aliphatic heterocycles. The van der Waals surface area contributed by atoms with E-state index in [2.05, 4.69) is 5.32 Å². The van der Waals surface area contributed by atoms with E-state index in [0.29, 0.717) is 13.1 Å². The van der Waals surface area contributed by atoms with E-state index in [1.165, 1.54) is 0 Å². The van der Waals surface area contributed by atoms with Gasteiger partial charge in [0.05, 0.1) is 6.04 Å². The van der Waals surface area contributed by atoms with Crippen LogP contribution in [0, 0.1) is 0 Å². The zero-order valence-electron chi connectivity index (χ0n) is 9.94. The molecule has 0 aliphatic carbocycles. The minimum absolute atomic E-state index is 0.00751. The van der Waals surface area contributed by atoms with Crippen LogP contribution < -0.4 is 5.32 Å². The number of amides is 1. The average molecular weight is 228 g/mol. The molecular formula is C11H20N2O3. The highest BCUT2D eigenvalue weighted by molar-refractivity contribution is 5.82. The Bertz CT molecular complexity index is 242. The summed E-state index contributed by atoms with van der Waals surface area (Å²) in [5.41, 5.74) is 0. The fraction of sp³-hybridized carbons (Fsp3) is 0.909. The zero-order valence-corrected chi connectivity index (χ0v) is 9.94. The van der Waals surface area contributed by atoms with Crippen LogP contribution >= 0.6 is 0 Å².